The molecule has 3 aromatic rings. The first kappa shape index (κ1) is 25.3. The molecule has 0 aliphatic carbocycles. The van der Waals surface area contributed by atoms with Gasteiger partial charge in [-0.25, -0.2) is 22.2 Å². The van der Waals surface area contributed by atoms with Crippen molar-refractivity contribution in [1.29, 1.82) is 5.26 Å². The number of benzene rings is 1. The topological polar surface area (TPSA) is 111 Å². The van der Waals surface area contributed by atoms with E-state index in [-0.39, 0.29) is 41.2 Å². The van der Waals surface area contributed by atoms with E-state index in [9.17, 15) is 31.6 Å². The third-order valence-electron chi connectivity index (χ3n) is 6.22. The fourth-order valence-electron chi connectivity index (χ4n) is 4.48. The Bertz CT molecular complexity index is 1430. The van der Waals surface area contributed by atoms with Crippen LogP contribution in [0.2, 0.25) is 0 Å². The van der Waals surface area contributed by atoms with E-state index in [1.165, 1.54) is 29.4 Å². The number of nitrogens with one attached hydrogen (secondary N) is 1. The minimum absolute atomic E-state index is 0.0773. The van der Waals surface area contributed by atoms with Crippen LogP contribution in [-0.2, 0) is 10.0 Å². The molecule has 0 bridgehead atoms. The summed E-state index contributed by atoms with van der Waals surface area (Å²) in [6.45, 7) is 0.773. The Labute approximate surface area is 205 Å². The van der Waals surface area contributed by atoms with Gasteiger partial charge < -0.3 is 15.1 Å². The number of pyridine rings is 1. The fourth-order valence-corrected chi connectivity index (χ4v) is 5.81. The Balaban J connectivity index is 1.68. The predicted molar refractivity (Wildman–Crippen MR) is 126 cm³/mol. The van der Waals surface area contributed by atoms with Gasteiger partial charge >= 0.3 is 12.2 Å². The predicted octanol–water partition coefficient (Wildman–Crippen LogP) is 3.17. The van der Waals surface area contributed by atoms with Gasteiger partial charge in [-0.05, 0) is 24.1 Å². The van der Waals surface area contributed by atoms with Crippen LogP contribution in [0.5, 0.6) is 0 Å². The molecule has 1 N–H and O–H groups in total. The Hall–Kier alpha value is -3.79. The van der Waals surface area contributed by atoms with E-state index in [1.54, 1.807) is 36.2 Å². The molecule has 4 rings (SSSR count). The Morgan fingerprint density at radius 2 is 1.94 bits per heavy atom. The van der Waals surface area contributed by atoms with Crippen LogP contribution in [0.1, 0.15) is 12.5 Å². The molecule has 0 spiro atoms. The molecule has 2 aromatic heterocycles. The van der Waals surface area contributed by atoms with E-state index in [4.69, 9.17) is 0 Å². The van der Waals surface area contributed by atoms with Crippen molar-refractivity contribution in [1.82, 2.24) is 19.2 Å². The number of likely N-dealkylation sites (tertiary alicyclic amines) is 1. The molecule has 36 heavy (non-hydrogen) atoms. The lowest BCUT2D eigenvalue weighted by Gasteiger charge is -2.30. The maximum atomic E-state index is 13.2. The van der Waals surface area contributed by atoms with Crippen molar-refractivity contribution in [2.45, 2.75) is 24.0 Å². The molecule has 190 valence electrons. The third-order valence-corrected chi connectivity index (χ3v) is 7.90. The third kappa shape index (κ3) is 4.68. The van der Waals surface area contributed by atoms with Crippen LogP contribution >= 0.6 is 0 Å². The van der Waals surface area contributed by atoms with Gasteiger partial charge in [-0.1, -0.05) is 25.1 Å². The number of nitriles is 1. The molecule has 0 saturated carbocycles. The molecule has 1 fully saturated rings. The number of likely N-dealkylation sites (N-methyl/N-ethyl adjacent to an activating group) is 1. The fraction of sp³-hybridized carbons (Fsp3) is 0.348. The van der Waals surface area contributed by atoms with Crippen LogP contribution in [0.4, 0.5) is 23.7 Å². The van der Waals surface area contributed by atoms with E-state index in [1.807, 2.05) is 12.2 Å². The first-order valence-electron chi connectivity index (χ1n) is 11.0. The number of anilines is 1. The molecule has 0 radical (unpaired) electrons. The van der Waals surface area contributed by atoms with Crippen molar-refractivity contribution in [3.8, 4) is 6.07 Å². The standard InChI is InChI=1S/C23H23F3N6O3S/c1-15-12-31(22(33)29-14-23(24,25)26)13-19(15)30(2)20-16(10-27)11-28-21-18(20)8-9-32(21)36(34,35)17-6-4-3-5-7-17/h3-9,11,15,19H,12-14H2,1-2H3,(H,29,33)/t15-,19?/m1/s1. The van der Waals surface area contributed by atoms with Crippen molar-refractivity contribution in [3.05, 3.63) is 54.4 Å². The van der Waals surface area contributed by atoms with E-state index in [0.717, 1.165) is 3.97 Å². The van der Waals surface area contributed by atoms with Crippen molar-refractivity contribution in [2.24, 2.45) is 5.92 Å². The summed E-state index contributed by atoms with van der Waals surface area (Å²) in [6, 6.07) is 10.3. The summed E-state index contributed by atoms with van der Waals surface area (Å²) in [5, 5.41) is 12.0. The van der Waals surface area contributed by atoms with Gasteiger partial charge in [0.15, 0.2) is 5.65 Å². The largest absolute Gasteiger partial charge is 0.405 e. The van der Waals surface area contributed by atoms with E-state index >= 15 is 0 Å². The van der Waals surface area contributed by atoms with E-state index in [2.05, 4.69) is 11.1 Å². The van der Waals surface area contributed by atoms with Gasteiger partial charge in [0.25, 0.3) is 10.0 Å². The molecular weight excluding hydrogens is 497 g/mol. The summed E-state index contributed by atoms with van der Waals surface area (Å²) in [5.74, 6) is -0.142. The molecule has 3 heterocycles. The average molecular weight is 521 g/mol. The SMILES string of the molecule is C[C@@H]1CN(C(=O)NCC(F)(F)F)CC1N(C)c1c(C#N)cnc2c1ccn2S(=O)(=O)c1ccccc1. The van der Waals surface area contributed by atoms with E-state index < -0.39 is 28.8 Å². The Kier molecular flexibility index (Phi) is 6.57. The van der Waals surface area contributed by atoms with Gasteiger partial charge in [-0.15, -0.1) is 0 Å². The van der Waals surface area contributed by atoms with Crippen LogP contribution in [0.3, 0.4) is 0 Å². The van der Waals surface area contributed by atoms with Crippen LogP contribution in [-0.4, -0.2) is 67.2 Å². The number of carbonyl (C=O) groups excluding carboxylic acids is 1. The Morgan fingerprint density at radius 1 is 1.25 bits per heavy atom. The first-order chi connectivity index (χ1) is 16.9. The molecule has 2 amide bonds. The summed E-state index contributed by atoms with van der Waals surface area (Å²) >= 11 is 0. The molecule has 13 heteroatoms. The molecule has 1 saturated heterocycles. The van der Waals surface area contributed by atoms with Crippen LogP contribution in [0.15, 0.2) is 53.7 Å². The van der Waals surface area contributed by atoms with Crippen LogP contribution < -0.4 is 10.2 Å². The second-order valence-corrected chi connectivity index (χ2v) is 10.4. The van der Waals surface area contributed by atoms with Gasteiger partial charge in [0.1, 0.15) is 12.6 Å². The summed E-state index contributed by atoms with van der Waals surface area (Å²) in [4.78, 5) is 19.7. The van der Waals surface area contributed by atoms with Crippen molar-refractivity contribution >= 4 is 32.8 Å². The second-order valence-electron chi connectivity index (χ2n) is 8.63. The number of rotatable bonds is 5. The molecule has 1 unspecified atom stereocenters. The minimum atomic E-state index is -4.52. The monoisotopic (exact) mass is 520 g/mol. The molecule has 1 aromatic carbocycles. The zero-order valence-electron chi connectivity index (χ0n) is 19.4. The zero-order valence-corrected chi connectivity index (χ0v) is 20.2. The van der Waals surface area contributed by atoms with Crippen molar-refractivity contribution < 1.29 is 26.4 Å². The quantitative estimate of drug-likeness (QED) is 0.553. The zero-order chi connectivity index (χ0) is 26.3. The maximum absolute atomic E-state index is 13.2. The van der Waals surface area contributed by atoms with Crippen molar-refractivity contribution in [3.63, 3.8) is 0 Å². The number of fused-ring (bicyclic) bond motifs is 1. The maximum Gasteiger partial charge on any atom is 0.405 e. The lowest BCUT2D eigenvalue weighted by molar-refractivity contribution is -0.123. The average Bonchev–Trinajstić information content (AvgIpc) is 3.45. The number of halogens is 3. The lowest BCUT2D eigenvalue weighted by atomic mass is 10.0. The number of alkyl halides is 3. The number of urea groups is 1. The highest BCUT2D eigenvalue weighted by Gasteiger charge is 2.38. The highest BCUT2D eigenvalue weighted by atomic mass is 32.2. The number of hydrogen-bond acceptors (Lipinski definition) is 6. The van der Waals surface area contributed by atoms with Crippen molar-refractivity contribution in [2.75, 3.05) is 31.6 Å². The normalized spacial score (nSPS) is 18.3. The van der Waals surface area contributed by atoms with E-state index in [0.29, 0.717) is 11.1 Å². The Morgan fingerprint density at radius 3 is 2.58 bits per heavy atom. The highest BCUT2D eigenvalue weighted by Crippen LogP contribution is 2.35. The second kappa shape index (κ2) is 9.34. The van der Waals surface area contributed by atoms with Gasteiger partial charge in [0, 0.05) is 37.9 Å². The summed E-state index contributed by atoms with van der Waals surface area (Å²) in [6.07, 6.45) is -1.86. The molecule has 9 nitrogen and oxygen atoms in total. The molecule has 2 atom stereocenters. The summed E-state index contributed by atoms with van der Waals surface area (Å²) < 4.78 is 65.0. The number of aromatic nitrogens is 2. The number of carbonyl (C=O) groups is 1. The van der Waals surface area contributed by atoms with Gasteiger partial charge in [-0.3, -0.25) is 0 Å². The van der Waals surface area contributed by atoms with Gasteiger partial charge in [-0.2, -0.15) is 18.4 Å². The lowest BCUT2D eigenvalue weighted by Crippen LogP contribution is -2.44. The first-order valence-corrected chi connectivity index (χ1v) is 12.4. The molecular formula is C23H23F3N6O3S. The minimum Gasteiger partial charge on any atom is -0.368 e. The van der Waals surface area contributed by atoms with Gasteiger partial charge in [0.2, 0.25) is 0 Å². The summed E-state index contributed by atoms with van der Waals surface area (Å²) in [7, 11) is -2.25. The van der Waals surface area contributed by atoms with Crippen LogP contribution in [0, 0.1) is 17.2 Å². The van der Waals surface area contributed by atoms with Crippen LogP contribution in [0.25, 0.3) is 11.0 Å². The number of nitrogens with zero attached hydrogens (tertiary/aromatic N) is 5. The number of amides is 2. The summed E-state index contributed by atoms with van der Waals surface area (Å²) in [5.41, 5.74) is 0.760. The molecule has 1 aliphatic rings. The smallest absolute Gasteiger partial charge is 0.368 e. The highest BCUT2D eigenvalue weighted by molar-refractivity contribution is 7.90. The molecule has 1 aliphatic heterocycles. The number of hydrogen-bond donors (Lipinski definition) is 1. The van der Waals surface area contributed by atoms with Gasteiger partial charge in [0.05, 0.1) is 22.2 Å².